The van der Waals surface area contributed by atoms with Crippen molar-refractivity contribution in [3.8, 4) is 11.4 Å². The van der Waals surface area contributed by atoms with Crippen LogP contribution < -0.4 is 5.32 Å². The maximum atomic E-state index is 11.7. The predicted molar refractivity (Wildman–Crippen MR) is 84.2 cm³/mol. The van der Waals surface area contributed by atoms with Gasteiger partial charge in [0.2, 0.25) is 11.0 Å². The lowest BCUT2D eigenvalue weighted by Gasteiger charge is -2.15. The van der Waals surface area contributed by atoms with Gasteiger partial charge in [-0.15, -0.1) is 0 Å². The molecule has 1 N–H and O–H groups in total. The third-order valence-corrected chi connectivity index (χ3v) is 4.28. The Kier molecular flexibility index (Phi) is 4.15. The molecular formula is C15H18N4OS. The Bertz CT molecular complexity index is 613. The number of anilines is 1. The van der Waals surface area contributed by atoms with E-state index in [9.17, 15) is 4.79 Å². The Morgan fingerprint density at radius 1 is 1.43 bits per heavy atom. The zero-order valence-electron chi connectivity index (χ0n) is 12.0. The van der Waals surface area contributed by atoms with Gasteiger partial charge in [0.1, 0.15) is 0 Å². The normalized spacial score (nSPS) is 18.0. The number of hydrogen-bond donors (Lipinski definition) is 1. The average molecular weight is 302 g/mol. The molecule has 1 amide bonds. The van der Waals surface area contributed by atoms with E-state index in [2.05, 4.69) is 14.7 Å². The Morgan fingerprint density at radius 3 is 3.00 bits per heavy atom. The number of amides is 1. The summed E-state index contributed by atoms with van der Waals surface area (Å²) >= 11 is 1.37. The number of benzene rings is 1. The summed E-state index contributed by atoms with van der Waals surface area (Å²) in [5.41, 5.74) is 1.02. The summed E-state index contributed by atoms with van der Waals surface area (Å²) in [6.45, 7) is 3.49. The highest BCUT2D eigenvalue weighted by atomic mass is 32.1. The highest BCUT2D eigenvalue weighted by Crippen LogP contribution is 2.23. The first-order valence-electron chi connectivity index (χ1n) is 7.19. The van der Waals surface area contributed by atoms with Crippen molar-refractivity contribution in [1.82, 2.24) is 14.3 Å². The fourth-order valence-electron chi connectivity index (χ4n) is 2.49. The Morgan fingerprint density at radius 2 is 2.24 bits per heavy atom. The van der Waals surface area contributed by atoms with E-state index in [1.807, 2.05) is 42.2 Å². The Labute approximate surface area is 128 Å². The van der Waals surface area contributed by atoms with Gasteiger partial charge in [-0.05, 0) is 6.42 Å². The van der Waals surface area contributed by atoms with Crippen molar-refractivity contribution in [3.05, 3.63) is 30.3 Å². The first kappa shape index (κ1) is 14.0. The van der Waals surface area contributed by atoms with Crippen molar-refractivity contribution in [1.29, 1.82) is 0 Å². The highest BCUT2D eigenvalue weighted by Gasteiger charge is 2.25. The van der Waals surface area contributed by atoms with E-state index in [0.29, 0.717) is 6.42 Å². The second-order valence-corrected chi connectivity index (χ2v) is 5.86. The molecule has 1 aromatic carbocycles. The molecular weight excluding hydrogens is 284 g/mol. The highest BCUT2D eigenvalue weighted by molar-refractivity contribution is 7.09. The zero-order chi connectivity index (χ0) is 14.7. The fraction of sp³-hybridized carbons (Fsp3) is 0.400. The van der Waals surface area contributed by atoms with E-state index in [0.717, 1.165) is 36.0 Å². The fourth-order valence-corrected chi connectivity index (χ4v) is 3.16. The van der Waals surface area contributed by atoms with Gasteiger partial charge in [0, 0.05) is 42.6 Å². The van der Waals surface area contributed by atoms with E-state index >= 15 is 0 Å². The monoisotopic (exact) mass is 302 g/mol. The lowest BCUT2D eigenvalue weighted by molar-refractivity contribution is -0.129. The predicted octanol–water partition coefficient (Wildman–Crippen LogP) is 2.63. The van der Waals surface area contributed by atoms with Crippen LogP contribution in [0.5, 0.6) is 0 Å². The molecule has 0 radical (unpaired) electrons. The third-order valence-electron chi connectivity index (χ3n) is 3.63. The number of carbonyl (C=O) groups is 1. The minimum absolute atomic E-state index is 0.224. The molecule has 3 rings (SSSR count). The van der Waals surface area contributed by atoms with Crippen LogP contribution in [0.4, 0.5) is 5.13 Å². The number of carbonyl (C=O) groups excluding carboxylic acids is 1. The maximum absolute atomic E-state index is 11.7. The summed E-state index contributed by atoms with van der Waals surface area (Å²) < 4.78 is 4.39. The summed E-state index contributed by atoms with van der Waals surface area (Å²) in [5, 5.41) is 4.21. The third kappa shape index (κ3) is 3.21. The van der Waals surface area contributed by atoms with Crippen LogP contribution in [0.25, 0.3) is 11.4 Å². The Balaban J connectivity index is 1.62. The van der Waals surface area contributed by atoms with Gasteiger partial charge in [-0.25, -0.2) is 0 Å². The number of aromatic nitrogens is 2. The standard InChI is InChI=1S/C15H18N4OS/c1-2-13(20)19-9-8-12(10-19)16-15-17-14(18-21-15)11-6-4-3-5-7-11/h3-7,12H,2,8-10H2,1H3,(H,16,17,18). The zero-order valence-corrected chi connectivity index (χ0v) is 12.8. The largest absolute Gasteiger partial charge is 0.356 e. The van der Waals surface area contributed by atoms with Gasteiger partial charge in [-0.3, -0.25) is 4.79 Å². The summed E-state index contributed by atoms with van der Waals surface area (Å²) in [5.74, 6) is 0.976. The molecule has 6 heteroatoms. The number of nitrogens with zero attached hydrogens (tertiary/aromatic N) is 3. The quantitative estimate of drug-likeness (QED) is 0.943. The van der Waals surface area contributed by atoms with Gasteiger partial charge in [0.15, 0.2) is 5.82 Å². The second-order valence-electron chi connectivity index (χ2n) is 5.11. The van der Waals surface area contributed by atoms with Crippen LogP contribution in [-0.2, 0) is 4.79 Å². The SMILES string of the molecule is CCC(=O)N1CCC(Nc2nc(-c3ccccc3)ns2)C1. The molecule has 0 saturated carbocycles. The first-order chi connectivity index (χ1) is 10.3. The van der Waals surface area contributed by atoms with E-state index in [1.54, 1.807) is 0 Å². The van der Waals surface area contributed by atoms with Crippen LogP contribution in [0.1, 0.15) is 19.8 Å². The minimum atomic E-state index is 0.224. The van der Waals surface area contributed by atoms with Gasteiger partial charge >= 0.3 is 0 Å². The van der Waals surface area contributed by atoms with Crippen molar-refractivity contribution in [2.24, 2.45) is 0 Å². The van der Waals surface area contributed by atoms with E-state index in [4.69, 9.17) is 0 Å². The molecule has 0 bridgehead atoms. The van der Waals surface area contributed by atoms with Gasteiger partial charge in [-0.1, -0.05) is 37.3 Å². The average Bonchev–Trinajstić information content (AvgIpc) is 3.17. The van der Waals surface area contributed by atoms with Crippen LogP contribution in [0, 0.1) is 0 Å². The van der Waals surface area contributed by atoms with Crippen molar-refractivity contribution in [2.75, 3.05) is 18.4 Å². The number of likely N-dealkylation sites (tertiary alicyclic amines) is 1. The second kappa shape index (κ2) is 6.22. The molecule has 1 fully saturated rings. The molecule has 2 heterocycles. The molecule has 0 aliphatic carbocycles. The lowest BCUT2D eigenvalue weighted by Crippen LogP contribution is -2.30. The van der Waals surface area contributed by atoms with Crippen LogP contribution in [-0.4, -0.2) is 39.3 Å². The van der Waals surface area contributed by atoms with Crippen LogP contribution in [0.2, 0.25) is 0 Å². The van der Waals surface area contributed by atoms with Crippen LogP contribution >= 0.6 is 11.5 Å². The summed E-state index contributed by atoms with van der Waals surface area (Å²) in [4.78, 5) is 18.1. The van der Waals surface area contributed by atoms with Gasteiger partial charge in [0.25, 0.3) is 0 Å². The molecule has 1 atom stereocenters. The summed E-state index contributed by atoms with van der Waals surface area (Å²) in [7, 11) is 0. The number of nitrogens with one attached hydrogen (secondary N) is 1. The topological polar surface area (TPSA) is 58.1 Å². The summed E-state index contributed by atoms with van der Waals surface area (Å²) in [6, 6.07) is 10.2. The Hall–Kier alpha value is -1.95. The minimum Gasteiger partial charge on any atom is -0.356 e. The smallest absolute Gasteiger partial charge is 0.222 e. The molecule has 1 unspecified atom stereocenters. The van der Waals surface area contributed by atoms with Crippen molar-refractivity contribution in [3.63, 3.8) is 0 Å². The summed E-state index contributed by atoms with van der Waals surface area (Å²) in [6.07, 6.45) is 1.54. The van der Waals surface area contributed by atoms with E-state index in [1.165, 1.54) is 11.5 Å². The van der Waals surface area contributed by atoms with Crippen LogP contribution in [0.15, 0.2) is 30.3 Å². The molecule has 5 nitrogen and oxygen atoms in total. The molecule has 1 aliphatic heterocycles. The van der Waals surface area contributed by atoms with Gasteiger partial charge < -0.3 is 10.2 Å². The molecule has 110 valence electrons. The van der Waals surface area contributed by atoms with Crippen molar-refractivity contribution in [2.45, 2.75) is 25.8 Å². The molecule has 0 spiro atoms. The van der Waals surface area contributed by atoms with Gasteiger partial charge in [-0.2, -0.15) is 9.36 Å². The van der Waals surface area contributed by atoms with Crippen molar-refractivity contribution >= 4 is 22.6 Å². The first-order valence-corrected chi connectivity index (χ1v) is 7.97. The lowest BCUT2D eigenvalue weighted by atomic mass is 10.2. The number of hydrogen-bond acceptors (Lipinski definition) is 5. The van der Waals surface area contributed by atoms with Crippen LogP contribution in [0.3, 0.4) is 0 Å². The van der Waals surface area contributed by atoms with Crippen molar-refractivity contribution < 1.29 is 4.79 Å². The van der Waals surface area contributed by atoms with E-state index in [-0.39, 0.29) is 11.9 Å². The maximum Gasteiger partial charge on any atom is 0.222 e. The van der Waals surface area contributed by atoms with Gasteiger partial charge in [0.05, 0.1) is 0 Å². The molecule has 1 saturated heterocycles. The molecule has 2 aromatic rings. The van der Waals surface area contributed by atoms with E-state index < -0.39 is 0 Å². The molecule has 1 aromatic heterocycles. The molecule has 1 aliphatic rings. The molecule has 21 heavy (non-hydrogen) atoms. The number of rotatable bonds is 4.